The van der Waals surface area contributed by atoms with Gasteiger partial charge in [-0.1, -0.05) is 35.9 Å². The van der Waals surface area contributed by atoms with Gasteiger partial charge in [0.2, 0.25) is 0 Å². The molecule has 0 saturated carbocycles. The first-order chi connectivity index (χ1) is 6.36. The predicted molar refractivity (Wildman–Crippen MR) is 57.2 cm³/mol. The van der Waals surface area contributed by atoms with Gasteiger partial charge in [-0.3, -0.25) is 0 Å². The van der Waals surface area contributed by atoms with Gasteiger partial charge in [-0.2, -0.15) is 0 Å². The van der Waals surface area contributed by atoms with E-state index in [1.54, 1.807) is 0 Å². The van der Waals surface area contributed by atoms with Gasteiger partial charge in [0.25, 0.3) is 0 Å². The van der Waals surface area contributed by atoms with Crippen LogP contribution in [0.2, 0.25) is 5.02 Å². The average Bonchev–Trinajstić information content (AvgIpc) is 2.20. The van der Waals surface area contributed by atoms with Gasteiger partial charge in [0, 0.05) is 10.9 Å². The topological polar surface area (TPSA) is 0 Å². The van der Waals surface area contributed by atoms with Crippen molar-refractivity contribution in [3.05, 3.63) is 47.0 Å². The molecule has 68 valence electrons. The second kappa shape index (κ2) is 3.97. The Morgan fingerprint density at radius 2 is 1.92 bits per heavy atom. The highest BCUT2D eigenvalue weighted by Gasteiger charge is 2.09. The molecule has 13 heavy (non-hydrogen) atoms. The zero-order valence-electron chi connectivity index (χ0n) is 7.54. The first-order valence-corrected chi connectivity index (χ1v) is 5.16. The molecule has 0 N–H and O–H groups in total. The van der Waals surface area contributed by atoms with Crippen molar-refractivity contribution >= 4 is 11.6 Å². The summed E-state index contributed by atoms with van der Waals surface area (Å²) in [6.07, 6.45) is 8.42. The Labute approximate surface area is 84.2 Å². The molecular formula is C12H13Cl. The third kappa shape index (κ3) is 2.13. The summed E-state index contributed by atoms with van der Waals surface area (Å²) in [6.45, 7) is 0. The molecule has 0 unspecified atom stereocenters. The summed E-state index contributed by atoms with van der Waals surface area (Å²) in [5.41, 5.74) is 1.39. The summed E-state index contributed by atoms with van der Waals surface area (Å²) in [4.78, 5) is 0. The van der Waals surface area contributed by atoms with Crippen LogP contribution in [-0.4, -0.2) is 0 Å². The Bertz CT molecular complexity index is 297. The molecule has 1 aromatic rings. The van der Waals surface area contributed by atoms with Crippen molar-refractivity contribution in [3.8, 4) is 0 Å². The van der Waals surface area contributed by atoms with E-state index >= 15 is 0 Å². The van der Waals surface area contributed by atoms with Gasteiger partial charge >= 0.3 is 0 Å². The Morgan fingerprint density at radius 1 is 1.15 bits per heavy atom. The van der Waals surface area contributed by atoms with E-state index in [4.69, 9.17) is 11.6 Å². The van der Waals surface area contributed by atoms with E-state index in [-0.39, 0.29) is 0 Å². The number of benzene rings is 1. The van der Waals surface area contributed by atoms with Crippen LogP contribution >= 0.6 is 11.6 Å². The first-order valence-electron chi connectivity index (χ1n) is 4.78. The highest BCUT2D eigenvalue weighted by Crippen LogP contribution is 2.28. The average molecular weight is 193 g/mol. The van der Waals surface area contributed by atoms with Gasteiger partial charge in [0.05, 0.1) is 0 Å². The summed E-state index contributed by atoms with van der Waals surface area (Å²) in [5.74, 6) is 0.617. The molecular weight excluding hydrogens is 180 g/mol. The van der Waals surface area contributed by atoms with Crippen molar-refractivity contribution < 1.29 is 0 Å². The number of hydrogen-bond donors (Lipinski definition) is 0. The molecule has 0 spiro atoms. The van der Waals surface area contributed by atoms with E-state index in [1.165, 1.54) is 24.8 Å². The zero-order chi connectivity index (χ0) is 9.10. The van der Waals surface area contributed by atoms with Crippen molar-refractivity contribution in [2.75, 3.05) is 0 Å². The molecule has 0 heterocycles. The minimum atomic E-state index is 0.617. The van der Waals surface area contributed by atoms with Gasteiger partial charge < -0.3 is 0 Å². The number of rotatable bonds is 1. The van der Waals surface area contributed by atoms with E-state index in [1.807, 2.05) is 12.1 Å². The first kappa shape index (κ1) is 8.83. The largest absolute Gasteiger partial charge is 0.0879 e. The van der Waals surface area contributed by atoms with Gasteiger partial charge in [0.15, 0.2) is 0 Å². The number of hydrogen-bond acceptors (Lipinski definition) is 0. The monoisotopic (exact) mass is 192 g/mol. The second-order valence-electron chi connectivity index (χ2n) is 3.52. The molecule has 2 rings (SSSR count). The summed E-state index contributed by atoms with van der Waals surface area (Å²) in [7, 11) is 0. The molecule has 0 aromatic heterocycles. The molecule has 0 radical (unpaired) electrons. The van der Waals surface area contributed by atoms with Crippen molar-refractivity contribution in [1.82, 2.24) is 0 Å². The van der Waals surface area contributed by atoms with E-state index in [0.717, 1.165) is 5.02 Å². The van der Waals surface area contributed by atoms with Gasteiger partial charge in [-0.25, -0.2) is 0 Å². The lowest BCUT2D eigenvalue weighted by molar-refractivity contribution is 0.654. The smallest absolute Gasteiger partial charge is 0.0406 e. The fourth-order valence-electron chi connectivity index (χ4n) is 1.80. The van der Waals surface area contributed by atoms with Crippen LogP contribution in [0.5, 0.6) is 0 Å². The molecule has 0 amide bonds. The minimum absolute atomic E-state index is 0.617. The van der Waals surface area contributed by atoms with Crippen LogP contribution in [0.15, 0.2) is 36.4 Å². The molecule has 0 fully saturated rings. The van der Waals surface area contributed by atoms with Crippen molar-refractivity contribution in [2.24, 2.45) is 0 Å². The Kier molecular flexibility index (Phi) is 2.70. The summed E-state index contributed by atoms with van der Waals surface area (Å²) >= 11 is 5.83. The van der Waals surface area contributed by atoms with E-state index in [2.05, 4.69) is 24.3 Å². The molecule has 0 nitrogen and oxygen atoms in total. The molecule has 0 saturated heterocycles. The maximum Gasteiger partial charge on any atom is 0.0406 e. The third-order valence-electron chi connectivity index (χ3n) is 2.55. The minimum Gasteiger partial charge on any atom is -0.0879 e. The van der Waals surface area contributed by atoms with Crippen LogP contribution in [0.3, 0.4) is 0 Å². The lowest BCUT2D eigenvalue weighted by atomic mass is 9.89. The molecule has 0 aliphatic heterocycles. The fourth-order valence-corrected chi connectivity index (χ4v) is 1.93. The van der Waals surface area contributed by atoms with Crippen LogP contribution in [0.4, 0.5) is 0 Å². The summed E-state index contributed by atoms with van der Waals surface area (Å²) < 4.78 is 0. The molecule has 1 aromatic carbocycles. The van der Waals surface area contributed by atoms with Gasteiger partial charge in [-0.15, -0.1) is 0 Å². The molecule has 1 aliphatic rings. The molecule has 1 aliphatic carbocycles. The van der Waals surface area contributed by atoms with Gasteiger partial charge in [-0.05, 0) is 37.0 Å². The quantitative estimate of drug-likeness (QED) is 0.586. The van der Waals surface area contributed by atoms with E-state index in [0.29, 0.717) is 5.92 Å². The number of halogens is 1. The van der Waals surface area contributed by atoms with Crippen LogP contribution < -0.4 is 0 Å². The molecule has 1 heteroatoms. The lowest BCUT2D eigenvalue weighted by Crippen LogP contribution is -1.98. The van der Waals surface area contributed by atoms with Crippen molar-refractivity contribution in [3.63, 3.8) is 0 Å². The van der Waals surface area contributed by atoms with Gasteiger partial charge in [0.1, 0.15) is 0 Å². The Morgan fingerprint density at radius 3 is 2.54 bits per heavy atom. The van der Waals surface area contributed by atoms with Crippen LogP contribution in [0.1, 0.15) is 30.7 Å². The van der Waals surface area contributed by atoms with Crippen LogP contribution in [0.25, 0.3) is 0 Å². The standard InChI is InChI=1S/C12H13Cl/c13-12-8-6-11(7-9-12)10-4-2-1-3-5-10/h2,4,6-10H,1,3,5H2/t10-/m1/s1. The highest BCUT2D eigenvalue weighted by atomic mass is 35.5. The third-order valence-corrected chi connectivity index (χ3v) is 2.80. The maximum absolute atomic E-state index is 5.83. The van der Waals surface area contributed by atoms with E-state index in [9.17, 15) is 0 Å². The molecule has 0 bridgehead atoms. The predicted octanol–water partition coefficient (Wildman–Crippen LogP) is 4.16. The second-order valence-corrected chi connectivity index (χ2v) is 3.95. The van der Waals surface area contributed by atoms with Crippen LogP contribution in [-0.2, 0) is 0 Å². The SMILES string of the molecule is Clc1ccc([C@@H]2C=CCCC2)cc1. The Balaban J connectivity index is 2.19. The van der Waals surface area contributed by atoms with Crippen molar-refractivity contribution in [1.29, 1.82) is 0 Å². The fraction of sp³-hybridized carbons (Fsp3) is 0.333. The summed E-state index contributed by atoms with van der Waals surface area (Å²) in [5, 5.41) is 0.823. The Hall–Kier alpha value is -0.750. The lowest BCUT2D eigenvalue weighted by Gasteiger charge is -2.16. The molecule has 1 atom stereocenters. The van der Waals surface area contributed by atoms with E-state index < -0.39 is 0 Å². The summed E-state index contributed by atoms with van der Waals surface area (Å²) in [6, 6.07) is 8.20. The zero-order valence-corrected chi connectivity index (χ0v) is 8.30. The number of allylic oxidation sites excluding steroid dienone is 2. The normalized spacial score (nSPS) is 21.8. The van der Waals surface area contributed by atoms with Crippen molar-refractivity contribution in [2.45, 2.75) is 25.2 Å². The van der Waals surface area contributed by atoms with Crippen LogP contribution in [0, 0.1) is 0 Å². The highest BCUT2D eigenvalue weighted by molar-refractivity contribution is 6.30. The maximum atomic E-state index is 5.83.